The molecule has 1 aliphatic rings. The van der Waals surface area contributed by atoms with Gasteiger partial charge in [0, 0.05) is 11.6 Å². The fourth-order valence-electron chi connectivity index (χ4n) is 2.49. The molecule has 0 aromatic heterocycles. The van der Waals surface area contributed by atoms with Gasteiger partial charge in [0.05, 0.1) is 14.2 Å². The summed E-state index contributed by atoms with van der Waals surface area (Å²) in [5.74, 6) is 1.18. The van der Waals surface area contributed by atoms with Crippen LogP contribution < -0.4 is 14.8 Å². The van der Waals surface area contributed by atoms with Crippen molar-refractivity contribution in [1.82, 2.24) is 5.32 Å². The SMILES string of the molecule is COc1ccc(C(=O)NC2CCCCC2)cc1OC.Cl. The van der Waals surface area contributed by atoms with Gasteiger partial charge in [-0.3, -0.25) is 4.79 Å². The van der Waals surface area contributed by atoms with Gasteiger partial charge in [0.25, 0.3) is 5.91 Å². The molecule has 1 fully saturated rings. The summed E-state index contributed by atoms with van der Waals surface area (Å²) in [6.45, 7) is 0. The van der Waals surface area contributed by atoms with Gasteiger partial charge in [-0.25, -0.2) is 0 Å². The molecule has 1 N–H and O–H groups in total. The van der Waals surface area contributed by atoms with Crippen molar-refractivity contribution >= 4 is 18.3 Å². The van der Waals surface area contributed by atoms with Crippen LogP contribution in [-0.2, 0) is 0 Å². The second-order valence-corrected chi connectivity index (χ2v) is 4.88. The van der Waals surface area contributed by atoms with E-state index in [1.54, 1.807) is 32.4 Å². The molecule has 0 heterocycles. The molecular formula is C15H22ClNO3. The molecule has 20 heavy (non-hydrogen) atoms. The van der Waals surface area contributed by atoms with Crippen molar-refractivity contribution < 1.29 is 14.3 Å². The van der Waals surface area contributed by atoms with E-state index in [1.807, 2.05) is 0 Å². The first-order chi connectivity index (χ1) is 9.24. The van der Waals surface area contributed by atoms with Crippen molar-refractivity contribution in [3.8, 4) is 11.5 Å². The van der Waals surface area contributed by atoms with Crippen molar-refractivity contribution in [2.75, 3.05) is 14.2 Å². The number of carbonyl (C=O) groups is 1. The topological polar surface area (TPSA) is 47.6 Å². The minimum absolute atomic E-state index is 0. The quantitative estimate of drug-likeness (QED) is 0.929. The molecule has 1 saturated carbocycles. The average Bonchev–Trinajstić information content (AvgIpc) is 2.47. The Hall–Kier alpha value is -1.42. The van der Waals surface area contributed by atoms with Crippen LogP contribution in [0.5, 0.6) is 11.5 Å². The van der Waals surface area contributed by atoms with E-state index in [2.05, 4.69) is 5.32 Å². The van der Waals surface area contributed by atoms with Gasteiger partial charge in [-0.05, 0) is 31.0 Å². The predicted octanol–water partition coefficient (Wildman–Crippen LogP) is 3.19. The van der Waals surface area contributed by atoms with Crippen LogP contribution in [0.2, 0.25) is 0 Å². The zero-order valence-corrected chi connectivity index (χ0v) is 12.8. The third kappa shape index (κ3) is 4.04. The Bertz CT molecular complexity index is 445. The lowest BCUT2D eigenvalue weighted by Gasteiger charge is -2.22. The molecule has 2 rings (SSSR count). The molecule has 0 aliphatic heterocycles. The van der Waals surface area contributed by atoms with Crippen LogP contribution in [0.3, 0.4) is 0 Å². The highest BCUT2D eigenvalue weighted by Crippen LogP contribution is 2.27. The van der Waals surface area contributed by atoms with E-state index in [4.69, 9.17) is 9.47 Å². The number of hydrogen-bond donors (Lipinski definition) is 1. The fourth-order valence-corrected chi connectivity index (χ4v) is 2.49. The van der Waals surface area contributed by atoms with Gasteiger partial charge in [0.1, 0.15) is 0 Å². The molecule has 1 aromatic rings. The molecule has 0 radical (unpaired) electrons. The summed E-state index contributed by atoms with van der Waals surface area (Å²) in [5, 5.41) is 3.09. The zero-order chi connectivity index (χ0) is 13.7. The smallest absolute Gasteiger partial charge is 0.251 e. The first-order valence-corrected chi connectivity index (χ1v) is 6.77. The Morgan fingerprint density at radius 1 is 1.10 bits per heavy atom. The van der Waals surface area contributed by atoms with E-state index in [0.717, 1.165) is 12.8 Å². The second-order valence-electron chi connectivity index (χ2n) is 4.88. The van der Waals surface area contributed by atoms with Crippen LogP contribution in [0.1, 0.15) is 42.5 Å². The number of halogens is 1. The van der Waals surface area contributed by atoms with Gasteiger partial charge in [-0.15, -0.1) is 12.4 Å². The fraction of sp³-hybridized carbons (Fsp3) is 0.533. The average molecular weight is 300 g/mol. The maximum atomic E-state index is 12.2. The lowest BCUT2D eigenvalue weighted by atomic mass is 9.95. The molecule has 1 amide bonds. The Morgan fingerprint density at radius 3 is 2.35 bits per heavy atom. The summed E-state index contributed by atoms with van der Waals surface area (Å²) in [6, 6.07) is 5.56. The molecule has 0 atom stereocenters. The Kier molecular flexibility index (Phi) is 6.65. The standard InChI is InChI=1S/C15H21NO3.ClH/c1-18-13-9-8-11(10-14(13)19-2)15(17)16-12-6-4-3-5-7-12;/h8-10,12H,3-7H2,1-2H3,(H,16,17);1H. The van der Waals surface area contributed by atoms with E-state index >= 15 is 0 Å². The highest BCUT2D eigenvalue weighted by molar-refractivity contribution is 5.95. The highest BCUT2D eigenvalue weighted by Gasteiger charge is 2.17. The monoisotopic (exact) mass is 299 g/mol. The van der Waals surface area contributed by atoms with Crippen LogP contribution in [0, 0.1) is 0 Å². The van der Waals surface area contributed by atoms with E-state index in [9.17, 15) is 4.79 Å². The van der Waals surface area contributed by atoms with Gasteiger partial charge in [-0.1, -0.05) is 19.3 Å². The summed E-state index contributed by atoms with van der Waals surface area (Å²) in [6.07, 6.45) is 5.86. The van der Waals surface area contributed by atoms with Crippen molar-refractivity contribution in [2.24, 2.45) is 0 Å². The van der Waals surface area contributed by atoms with E-state index in [-0.39, 0.29) is 18.3 Å². The lowest BCUT2D eigenvalue weighted by molar-refractivity contribution is 0.0927. The molecule has 0 bridgehead atoms. The first-order valence-electron chi connectivity index (χ1n) is 6.77. The lowest BCUT2D eigenvalue weighted by Crippen LogP contribution is -2.36. The van der Waals surface area contributed by atoms with E-state index < -0.39 is 0 Å². The number of benzene rings is 1. The molecule has 5 heteroatoms. The van der Waals surface area contributed by atoms with Crippen LogP contribution in [0.15, 0.2) is 18.2 Å². The van der Waals surface area contributed by atoms with Gasteiger partial charge >= 0.3 is 0 Å². The number of hydrogen-bond acceptors (Lipinski definition) is 3. The normalized spacial score (nSPS) is 15.1. The molecule has 4 nitrogen and oxygen atoms in total. The third-order valence-corrected chi connectivity index (χ3v) is 3.59. The predicted molar refractivity (Wildman–Crippen MR) is 81.1 cm³/mol. The van der Waals surface area contributed by atoms with Gasteiger partial charge in [0.15, 0.2) is 11.5 Å². The summed E-state index contributed by atoms with van der Waals surface area (Å²) in [7, 11) is 3.15. The van der Waals surface area contributed by atoms with Crippen LogP contribution in [0.25, 0.3) is 0 Å². The summed E-state index contributed by atoms with van der Waals surface area (Å²) in [4.78, 5) is 12.2. The van der Waals surface area contributed by atoms with Crippen molar-refractivity contribution in [2.45, 2.75) is 38.1 Å². The number of nitrogens with one attached hydrogen (secondary N) is 1. The molecule has 1 aliphatic carbocycles. The first kappa shape index (κ1) is 16.6. The van der Waals surface area contributed by atoms with Gasteiger partial charge < -0.3 is 14.8 Å². The van der Waals surface area contributed by atoms with Crippen LogP contribution in [0.4, 0.5) is 0 Å². The summed E-state index contributed by atoms with van der Waals surface area (Å²) < 4.78 is 10.4. The maximum Gasteiger partial charge on any atom is 0.251 e. The largest absolute Gasteiger partial charge is 0.493 e. The van der Waals surface area contributed by atoms with Crippen molar-refractivity contribution in [3.63, 3.8) is 0 Å². The number of methoxy groups -OCH3 is 2. The highest BCUT2D eigenvalue weighted by atomic mass is 35.5. The summed E-state index contributed by atoms with van der Waals surface area (Å²) >= 11 is 0. The third-order valence-electron chi connectivity index (χ3n) is 3.59. The number of ether oxygens (including phenoxy) is 2. The maximum absolute atomic E-state index is 12.2. The number of rotatable bonds is 4. The van der Waals surface area contributed by atoms with Gasteiger partial charge in [0.2, 0.25) is 0 Å². The molecule has 0 saturated heterocycles. The van der Waals surface area contributed by atoms with Crippen molar-refractivity contribution in [3.05, 3.63) is 23.8 Å². The Balaban J connectivity index is 0.00000200. The van der Waals surface area contributed by atoms with Crippen LogP contribution >= 0.6 is 12.4 Å². The molecular weight excluding hydrogens is 278 g/mol. The minimum atomic E-state index is -0.0344. The van der Waals surface area contributed by atoms with E-state index in [1.165, 1.54) is 19.3 Å². The number of amides is 1. The molecule has 1 aromatic carbocycles. The second kappa shape index (κ2) is 8.00. The summed E-state index contributed by atoms with van der Waals surface area (Å²) in [5.41, 5.74) is 0.614. The minimum Gasteiger partial charge on any atom is -0.493 e. The Morgan fingerprint density at radius 2 is 1.75 bits per heavy atom. The number of carbonyl (C=O) groups excluding carboxylic acids is 1. The Labute approximate surface area is 126 Å². The van der Waals surface area contributed by atoms with Gasteiger partial charge in [-0.2, -0.15) is 0 Å². The van der Waals surface area contributed by atoms with Crippen molar-refractivity contribution in [1.29, 1.82) is 0 Å². The molecule has 112 valence electrons. The molecule has 0 unspecified atom stereocenters. The van der Waals surface area contributed by atoms with E-state index in [0.29, 0.717) is 23.1 Å². The van der Waals surface area contributed by atoms with Crippen LogP contribution in [-0.4, -0.2) is 26.2 Å². The molecule has 0 spiro atoms. The zero-order valence-electron chi connectivity index (χ0n) is 12.0.